The van der Waals surface area contributed by atoms with Gasteiger partial charge in [0.2, 0.25) is 0 Å². The Morgan fingerprint density at radius 3 is 2.25 bits per heavy atom. The van der Waals surface area contributed by atoms with Crippen LogP contribution in [0.5, 0.6) is 0 Å². The molecule has 0 aliphatic carbocycles. The number of halogens is 1. The second-order valence-electron chi connectivity index (χ2n) is 5.85. The van der Waals surface area contributed by atoms with E-state index in [2.05, 4.69) is 5.32 Å². The second-order valence-corrected chi connectivity index (χ2v) is 7.78. The van der Waals surface area contributed by atoms with Crippen LogP contribution in [0.15, 0.2) is 0 Å². The topological polar surface area (TPSA) is 61.9 Å². The van der Waals surface area contributed by atoms with Crippen LogP contribution in [0.1, 0.15) is 19.3 Å². The lowest BCUT2D eigenvalue weighted by Crippen LogP contribution is -2.48. The first kappa shape index (κ1) is 16.5. The van der Waals surface area contributed by atoms with Crippen LogP contribution in [0, 0.1) is 5.41 Å². The predicted molar refractivity (Wildman–Crippen MR) is 79.3 cm³/mol. The van der Waals surface area contributed by atoms with Crippen molar-refractivity contribution in [1.29, 1.82) is 0 Å². The molecule has 0 aromatic carbocycles. The molecule has 6 nitrogen and oxygen atoms in total. The summed E-state index contributed by atoms with van der Waals surface area (Å²) in [5.74, 6) is 0. The fourth-order valence-corrected chi connectivity index (χ4v) is 5.09. The van der Waals surface area contributed by atoms with Crippen LogP contribution in [0.4, 0.5) is 0 Å². The Kier molecular flexibility index (Phi) is 5.31. The SMILES string of the molecule is Cl.O=S(=O)(N1CCOCC1)N1CCC2(CCNCC2)C1. The molecule has 1 N–H and O–H groups in total. The van der Waals surface area contributed by atoms with Crippen LogP contribution in [0.3, 0.4) is 0 Å². The second kappa shape index (κ2) is 6.46. The Labute approximate surface area is 127 Å². The first-order valence-electron chi connectivity index (χ1n) is 7.16. The van der Waals surface area contributed by atoms with Crippen molar-refractivity contribution in [2.75, 3.05) is 52.5 Å². The van der Waals surface area contributed by atoms with E-state index in [0.717, 1.165) is 32.4 Å². The number of nitrogens with one attached hydrogen (secondary N) is 1. The van der Waals surface area contributed by atoms with Crippen molar-refractivity contribution in [1.82, 2.24) is 13.9 Å². The molecule has 8 heteroatoms. The van der Waals surface area contributed by atoms with E-state index in [9.17, 15) is 8.42 Å². The van der Waals surface area contributed by atoms with Crippen LogP contribution >= 0.6 is 12.4 Å². The van der Waals surface area contributed by atoms with Gasteiger partial charge in [-0.2, -0.15) is 17.0 Å². The molecule has 0 unspecified atom stereocenters. The van der Waals surface area contributed by atoms with E-state index in [1.54, 1.807) is 8.61 Å². The van der Waals surface area contributed by atoms with E-state index in [0.29, 0.717) is 39.4 Å². The Hall–Kier alpha value is 0.0800. The summed E-state index contributed by atoms with van der Waals surface area (Å²) in [7, 11) is -3.27. The zero-order valence-corrected chi connectivity index (χ0v) is 13.3. The molecule has 3 aliphatic rings. The van der Waals surface area contributed by atoms with Gasteiger partial charge < -0.3 is 10.1 Å². The number of hydrogen-bond donors (Lipinski definition) is 1. The van der Waals surface area contributed by atoms with Crippen LogP contribution in [0.2, 0.25) is 0 Å². The zero-order chi connectivity index (χ0) is 13.3. The third-order valence-corrected chi connectivity index (χ3v) is 6.67. The van der Waals surface area contributed by atoms with Crippen molar-refractivity contribution >= 4 is 22.6 Å². The molecule has 0 bridgehead atoms. The molecule has 0 atom stereocenters. The van der Waals surface area contributed by atoms with Crippen LogP contribution in [-0.4, -0.2) is 69.5 Å². The maximum Gasteiger partial charge on any atom is 0.282 e. The number of hydrogen-bond acceptors (Lipinski definition) is 4. The van der Waals surface area contributed by atoms with Gasteiger partial charge in [0.1, 0.15) is 0 Å². The van der Waals surface area contributed by atoms with E-state index in [1.165, 1.54) is 0 Å². The number of nitrogens with zero attached hydrogens (tertiary/aromatic N) is 2. The Bertz CT molecular complexity index is 420. The maximum atomic E-state index is 12.6. The lowest BCUT2D eigenvalue weighted by molar-refractivity contribution is 0.0702. The highest BCUT2D eigenvalue weighted by Crippen LogP contribution is 2.40. The van der Waals surface area contributed by atoms with E-state index in [1.807, 2.05) is 0 Å². The van der Waals surface area contributed by atoms with Crippen molar-refractivity contribution in [3.8, 4) is 0 Å². The largest absolute Gasteiger partial charge is 0.379 e. The summed E-state index contributed by atoms with van der Waals surface area (Å²) >= 11 is 0. The molecule has 0 aromatic heterocycles. The molecule has 0 aromatic rings. The van der Waals surface area contributed by atoms with Crippen LogP contribution in [-0.2, 0) is 14.9 Å². The van der Waals surface area contributed by atoms with Crippen molar-refractivity contribution in [3.05, 3.63) is 0 Å². The van der Waals surface area contributed by atoms with E-state index in [4.69, 9.17) is 4.74 Å². The summed E-state index contributed by atoms with van der Waals surface area (Å²) in [5.41, 5.74) is 0.227. The lowest BCUT2D eigenvalue weighted by Gasteiger charge is -2.35. The maximum absolute atomic E-state index is 12.6. The average molecular weight is 326 g/mol. The van der Waals surface area contributed by atoms with Gasteiger partial charge in [-0.25, -0.2) is 0 Å². The number of morpholine rings is 1. The van der Waals surface area contributed by atoms with E-state index in [-0.39, 0.29) is 17.8 Å². The highest BCUT2D eigenvalue weighted by atomic mass is 35.5. The molecule has 0 amide bonds. The van der Waals surface area contributed by atoms with Gasteiger partial charge in [-0.3, -0.25) is 0 Å². The lowest BCUT2D eigenvalue weighted by atomic mass is 9.78. The normalized spacial score (nSPS) is 28.4. The molecule has 0 saturated carbocycles. The zero-order valence-electron chi connectivity index (χ0n) is 11.7. The van der Waals surface area contributed by atoms with Gasteiger partial charge in [0.05, 0.1) is 13.2 Å². The van der Waals surface area contributed by atoms with Gasteiger partial charge in [-0.05, 0) is 37.8 Å². The first-order valence-corrected chi connectivity index (χ1v) is 8.56. The van der Waals surface area contributed by atoms with Gasteiger partial charge >= 0.3 is 0 Å². The highest BCUT2D eigenvalue weighted by molar-refractivity contribution is 7.86. The molecule has 1 spiro atoms. The summed E-state index contributed by atoms with van der Waals surface area (Å²) in [6, 6.07) is 0. The number of ether oxygens (including phenoxy) is 1. The number of rotatable bonds is 2. The van der Waals surface area contributed by atoms with E-state index >= 15 is 0 Å². The molecule has 3 heterocycles. The minimum atomic E-state index is -3.27. The molecule has 0 radical (unpaired) electrons. The Balaban J connectivity index is 0.00000147. The summed E-state index contributed by atoms with van der Waals surface area (Å²) in [6.45, 7) is 5.44. The van der Waals surface area contributed by atoms with Crippen molar-refractivity contribution in [2.45, 2.75) is 19.3 Å². The Morgan fingerprint density at radius 1 is 0.950 bits per heavy atom. The third-order valence-electron chi connectivity index (χ3n) is 4.69. The van der Waals surface area contributed by atoms with E-state index < -0.39 is 10.2 Å². The fraction of sp³-hybridized carbons (Fsp3) is 1.00. The summed E-state index contributed by atoms with van der Waals surface area (Å²) in [5, 5.41) is 3.36. The molecule has 118 valence electrons. The van der Waals surface area contributed by atoms with Gasteiger partial charge in [-0.1, -0.05) is 0 Å². The van der Waals surface area contributed by atoms with Crippen LogP contribution < -0.4 is 5.32 Å². The fourth-order valence-electron chi connectivity index (χ4n) is 3.40. The third kappa shape index (κ3) is 3.13. The van der Waals surface area contributed by atoms with Crippen molar-refractivity contribution in [2.24, 2.45) is 5.41 Å². The highest BCUT2D eigenvalue weighted by Gasteiger charge is 2.44. The number of piperidine rings is 1. The van der Waals surface area contributed by atoms with Crippen molar-refractivity contribution in [3.63, 3.8) is 0 Å². The van der Waals surface area contributed by atoms with Crippen molar-refractivity contribution < 1.29 is 13.2 Å². The predicted octanol–water partition coefficient (Wildman–Crippen LogP) is 0.0607. The standard InChI is InChI=1S/C12H23N3O3S.ClH/c16-19(17,14-7-9-18-10-8-14)15-6-3-12(11-15)1-4-13-5-2-12;/h13H,1-11H2;1H. The Morgan fingerprint density at radius 2 is 1.60 bits per heavy atom. The average Bonchev–Trinajstić information content (AvgIpc) is 2.85. The summed E-state index contributed by atoms with van der Waals surface area (Å²) in [4.78, 5) is 0. The monoisotopic (exact) mass is 325 g/mol. The van der Waals surface area contributed by atoms with Crippen LogP contribution in [0.25, 0.3) is 0 Å². The molecule has 20 heavy (non-hydrogen) atoms. The minimum Gasteiger partial charge on any atom is -0.379 e. The molecule has 3 saturated heterocycles. The molecular weight excluding hydrogens is 302 g/mol. The van der Waals surface area contributed by atoms with Gasteiger partial charge in [0.25, 0.3) is 10.2 Å². The molecule has 3 rings (SSSR count). The quantitative estimate of drug-likeness (QED) is 0.780. The first-order chi connectivity index (χ1) is 9.12. The smallest absolute Gasteiger partial charge is 0.282 e. The molecular formula is C12H24ClN3O3S. The molecule has 3 aliphatic heterocycles. The van der Waals surface area contributed by atoms with Gasteiger partial charge in [0.15, 0.2) is 0 Å². The molecule has 3 fully saturated rings. The minimum absolute atomic E-state index is 0. The summed E-state index contributed by atoms with van der Waals surface area (Å²) in [6.07, 6.45) is 3.21. The summed E-state index contributed by atoms with van der Waals surface area (Å²) < 4.78 is 33.7. The van der Waals surface area contributed by atoms with Gasteiger partial charge in [0, 0.05) is 26.2 Å². The van der Waals surface area contributed by atoms with Gasteiger partial charge in [-0.15, -0.1) is 12.4 Å².